The first kappa shape index (κ1) is 25.3. The number of benzene rings is 3. The van der Waals surface area contributed by atoms with Gasteiger partial charge in [-0.15, -0.1) is 0 Å². The number of ether oxygens (including phenoxy) is 2. The third-order valence-electron chi connectivity index (χ3n) is 5.16. The minimum Gasteiger partial charge on any atom is -0.496 e. The zero-order chi connectivity index (χ0) is 24.7. The summed E-state index contributed by atoms with van der Waals surface area (Å²) in [5, 5.41) is 12.4. The Morgan fingerprint density at radius 1 is 1.09 bits per heavy atom. The van der Waals surface area contributed by atoms with Crippen molar-refractivity contribution in [3.63, 3.8) is 0 Å². The summed E-state index contributed by atoms with van der Waals surface area (Å²) in [5.74, 6) is 0.973. The third-order valence-corrected chi connectivity index (χ3v) is 6.12. The molecule has 0 heterocycles. The van der Waals surface area contributed by atoms with E-state index in [-0.39, 0.29) is 5.57 Å². The minimum atomic E-state index is -0.472. The van der Waals surface area contributed by atoms with Gasteiger partial charge in [-0.05, 0) is 97.0 Å². The Morgan fingerprint density at radius 3 is 2.35 bits per heavy atom. The van der Waals surface area contributed by atoms with Gasteiger partial charge in [-0.3, -0.25) is 4.79 Å². The number of aryl methyl sites for hydroxylation is 2. The van der Waals surface area contributed by atoms with Gasteiger partial charge in [0.25, 0.3) is 5.91 Å². The number of anilines is 1. The molecule has 3 aromatic carbocycles. The molecule has 174 valence electrons. The molecule has 3 rings (SSSR count). The minimum absolute atomic E-state index is 0.00815. The van der Waals surface area contributed by atoms with Crippen LogP contribution in [0.3, 0.4) is 0 Å². The lowest BCUT2D eigenvalue weighted by Gasteiger charge is -2.14. The van der Waals surface area contributed by atoms with Crippen molar-refractivity contribution >= 4 is 40.3 Å². The van der Waals surface area contributed by atoms with Crippen LogP contribution in [0, 0.1) is 28.7 Å². The number of nitriles is 1. The second kappa shape index (κ2) is 11.7. The molecule has 0 saturated carbocycles. The summed E-state index contributed by atoms with van der Waals surface area (Å²) in [7, 11) is 1.63. The standard InChI is InChI=1S/C28H27IN2O3/c1-5-34-24-8-6-23(7-9-24)31-28(32)22(17-30)13-21-15-26(29)25(27(16-21)33-4)14-20-11-18(2)10-19(3)12-20/h6-13,15-16H,5,14H2,1-4H3,(H,31,32)/b22-13+. The van der Waals surface area contributed by atoms with Crippen molar-refractivity contribution < 1.29 is 14.3 Å². The van der Waals surface area contributed by atoms with Gasteiger partial charge in [0.05, 0.1) is 13.7 Å². The lowest BCUT2D eigenvalue weighted by Crippen LogP contribution is -2.13. The fourth-order valence-electron chi connectivity index (χ4n) is 3.76. The van der Waals surface area contributed by atoms with E-state index in [4.69, 9.17) is 9.47 Å². The molecule has 0 bridgehead atoms. The zero-order valence-electron chi connectivity index (χ0n) is 19.7. The summed E-state index contributed by atoms with van der Waals surface area (Å²) in [5.41, 5.74) is 6.05. The predicted octanol–water partition coefficient (Wildman–Crippen LogP) is 6.45. The zero-order valence-corrected chi connectivity index (χ0v) is 21.9. The van der Waals surface area contributed by atoms with Crippen LogP contribution in [0.4, 0.5) is 5.69 Å². The second-order valence-electron chi connectivity index (χ2n) is 7.94. The van der Waals surface area contributed by atoms with Gasteiger partial charge >= 0.3 is 0 Å². The van der Waals surface area contributed by atoms with E-state index in [0.29, 0.717) is 12.3 Å². The molecule has 0 aromatic heterocycles. The van der Waals surface area contributed by atoms with Crippen molar-refractivity contribution in [2.24, 2.45) is 0 Å². The highest BCUT2D eigenvalue weighted by atomic mass is 127. The van der Waals surface area contributed by atoms with Gasteiger partial charge in [0, 0.05) is 21.2 Å². The molecular formula is C28H27IN2O3. The van der Waals surface area contributed by atoms with Gasteiger partial charge in [-0.25, -0.2) is 0 Å². The number of halogens is 1. The number of nitrogens with one attached hydrogen (secondary N) is 1. The van der Waals surface area contributed by atoms with Gasteiger partial charge in [0.2, 0.25) is 0 Å². The molecule has 0 atom stereocenters. The molecule has 0 radical (unpaired) electrons. The van der Waals surface area contributed by atoms with Crippen molar-refractivity contribution in [1.29, 1.82) is 5.26 Å². The summed E-state index contributed by atoms with van der Waals surface area (Å²) >= 11 is 2.28. The maximum atomic E-state index is 12.7. The first-order valence-electron chi connectivity index (χ1n) is 10.9. The molecule has 3 aromatic rings. The molecule has 0 aliphatic heterocycles. The number of hydrogen-bond acceptors (Lipinski definition) is 4. The second-order valence-corrected chi connectivity index (χ2v) is 9.10. The number of methoxy groups -OCH3 is 1. The van der Waals surface area contributed by atoms with Crippen molar-refractivity contribution in [1.82, 2.24) is 0 Å². The van der Waals surface area contributed by atoms with Gasteiger partial charge in [-0.2, -0.15) is 5.26 Å². The molecule has 5 nitrogen and oxygen atoms in total. The smallest absolute Gasteiger partial charge is 0.266 e. The Kier molecular flexibility index (Phi) is 8.72. The molecule has 1 N–H and O–H groups in total. The summed E-state index contributed by atoms with van der Waals surface area (Å²) in [6.45, 7) is 6.66. The van der Waals surface area contributed by atoms with Crippen LogP contribution in [-0.4, -0.2) is 19.6 Å². The molecule has 1 amide bonds. The van der Waals surface area contributed by atoms with Gasteiger partial charge in [-0.1, -0.05) is 29.3 Å². The van der Waals surface area contributed by atoms with E-state index in [1.807, 2.05) is 25.1 Å². The largest absolute Gasteiger partial charge is 0.496 e. The van der Waals surface area contributed by atoms with Crippen molar-refractivity contribution in [2.45, 2.75) is 27.2 Å². The molecule has 6 heteroatoms. The first-order chi connectivity index (χ1) is 16.3. The van der Waals surface area contributed by atoms with Gasteiger partial charge < -0.3 is 14.8 Å². The van der Waals surface area contributed by atoms with Crippen LogP contribution in [0.1, 0.15) is 34.7 Å². The average Bonchev–Trinajstić information content (AvgIpc) is 2.79. The maximum absolute atomic E-state index is 12.7. The van der Waals surface area contributed by atoms with Crippen LogP contribution in [0.15, 0.2) is 60.2 Å². The summed E-state index contributed by atoms with van der Waals surface area (Å²) < 4.78 is 12.1. The highest BCUT2D eigenvalue weighted by Gasteiger charge is 2.14. The van der Waals surface area contributed by atoms with Crippen LogP contribution in [-0.2, 0) is 11.2 Å². The van der Waals surface area contributed by atoms with E-state index in [2.05, 4.69) is 60.0 Å². The van der Waals surface area contributed by atoms with Crippen LogP contribution in [0.2, 0.25) is 0 Å². The van der Waals surface area contributed by atoms with Crippen molar-refractivity contribution in [2.75, 3.05) is 19.0 Å². The molecule has 0 unspecified atom stereocenters. The summed E-state index contributed by atoms with van der Waals surface area (Å²) in [6.07, 6.45) is 2.31. The molecule has 0 fully saturated rings. The molecule has 0 spiro atoms. The number of carbonyl (C=O) groups is 1. The number of amides is 1. The van der Waals surface area contributed by atoms with E-state index in [1.165, 1.54) is 16.7 Å². The Morgan fingerprint density at radius 2 is 1.76 bits per heavy atom. The topological polar surface area (TPSA) is 71.3 Å². The molecular weight excluding hydrogens is 539 g/mol. The summed E-state index contributed by atoms with van der Waals surface area (Å²) in [6, 6.07) is 19.4. The predicted molar refractivity (Wildman–Crippen MR) is 144 cm³/mol. The molecule has 0 aliphatic rings. The number of rotatable bonds is 8. The fraction of sp³-hybridized carbons (Fsp3) is 0.214. The van der Waals surface area contributed by atoms with Crippen molar-refractivity contribution in [3.8, 4) is 17.6 Å². The Hall–Kier alpha value is -3.31. The Labute approximate surface area is 214 Å². The lowest BCUT2D eigenvalue weighted by atomic mass is 9.98. The fourth-order valence-corrected chi connectivity index (χ4v) is 4.57. The molecule has 34 heavy (non-hydrogen) atoms. The lowest BCUT2D eigenvalue weighted by molar-refractivity contribution is -0.112. The maximum Gasteiger partial charge on any atom is 0.266 e. The number of hydrogen-bond donors (Lipinski definition) is 1. The molecule has 0 aliphatic carbocycles. The van der Waals surface area contributed by atoms with E-state index >= 15 is 0 Å². The third kappa shape index (κ3) is 6.61. The number of nitrogens with zero attached hydrogens (tertiary/aromatic N) is 1. The van der Waals surface area contributed by atoms with E-state index in [9.17, 15) is 10.1 Å². The van der Waals surface area contributed by atoms with Crippen molar-refractivity contribution in [3.05, 3.63) is 91.6 Å². The Balaban J connectivity index is 1.84. The van der Waals surface area contributed by atoms with E-state index < -0.39 is 5.91 Å². The van der Waals surface area contributed by atoms with Crippen LogP contribution >= 0.6 is 22.6 Å². The molecule has 0 saturated heterocycles. The van der Waals surface area contributed by atoms with E-state index in [1.54, 1.807) is 37.5 Å². The van der Waals surface area contributed by atoms with Gasteiger partial charge in [0.15, 0.2) is 0 Å². The highest BCUT2D eigenvalue weighted by molar-refractivity contribution is 14.1. The monoisotopic (exact) mass is 566 g/mol. The normalized spacial score (nSPS) is 11.0. The van der Waals surface area contributed by atoms with Crippen LogP contribution < -0.4 is 14.8 Å². The highest BCUT2D eigenvalue weighted by Crippen LogP contribution is 2.30. The van der Waals surface area contributed by atoms with Crippen LogP contribution in [0.5, 0.6) is 11.5 Å². The van der Waals surface area contributed by atoms with Gasteiger partial charge in [0.1, 0.15) is 23.1 Å². The Bertz CT molecular complexity index is 1240. The average molecular weight is 566 g/mol. The SMILES string of the molecule is CCOc1ccc(NC(=O)/C(C#N)=C/c2cc(I)c(Cc3cc(C)cc(C)c3)c(OC)c2)cc1. The van der Waals surface area contributed by atoms with E-state index in [0.717, 1.165) is 32.6 Å². The summed E-state index contributed by atoms with van der Waals surface area (Å²) in [4.78, 5) is 12.7. The quantitative estimate of drug-likeness (QED) is 0.193. The first-order valence-corrected chi connectivity index (χ1v) is 12.0. The number of carbonyl (C=O) groups excluding carboxylic acids is 1. The van der Waals surface area contributed by atoms with Crippen LogP contribution in [0.25, 0.3) is 6.08 Å².